The molecule has 0 heterocycles. The van der Waals surface area contributed by atoms with Gasteiger partial charge in [-0.1, -0.05) is 40.2 Å². The second-order valence-corrected chi connectivity index (χ2v) is 5.37. The molecule has 2 aromatic rings. The zero-order valence-corrected chi connectivity index (χ0v) is 12.5. The van der Waals surface area contributed by atoms with E-state index in [-0.39, 0.29) is 5.91 Å². The molecule has 0 aliphatic rings. The van der Waals surface area contributed by atoms with E-state index in [0.717, 1.165) is 21.3 Å². The third kappa shape index (κ3) is 4.37. The molecule has 98 valence electrons. The largest absolute Gasteiger partial charge is 0.326 e. The summed E-state index contributed by atoms with van der Waals surface area (Å²) in [4.78, 5) is 11.9. The highest BCUT2D eigenvalue weighted by molar-refractivity contribution is 9.10. The smallest absolute Gasteiger partial charge is 0.228 e. The molecule has 2 aromatic carbocycles. The van der Waals surface area contributed by atoms with Crippen LogP contribution in [-0.2, 0) is 17.1 Å². The summed E-state index contributed by atoms with van der Waals surface area (Å²) in [7, 11) is 0. The average Bonchev–Trinajstić information content (AvgIpc) is 2.38. The van der Waals surface area contributed by atoms with Gasteiger partial charge in [0, 0.05) is 16.0 Å². The molecule has 0 bridgehead atoms. The second kappa shape index (κ2) is 6.73. The lowest BCUT2D eigenvalue weighted by Crippen LogP contribution is -2.14. The minimum atomic E-state index is -0.0372. The molecular weight excluding hydrogens is 326 g/mol. The summed E-state index contributed by atoms with van der Waals surface area (Å²) >= 11 is 9.16. The van der Waals surface area contributed by atoms with Crippen LogP contribution in [0.5, 0.6) is 0 Å². The molecule has 0 fully saturated rings. The number of amides is 1. The number of alkyl halides is 1. The zero-order valence-electron chi connectivity index (χ0n) is 10.2. The van der Waals surface area contributed by atoms with E-state index in [1.807, 2.05) is 48.5 Å². The van der Waals surface area contributed by atoms with Crippen molar-refractivity contribution in [2.75, 3.05) is 5.32 Å². The Morgan fingerprint density at radius 3 is 2.58 bits per heavy atom. The van der Waals surface area contributed by atoms with Gasteiger partial charge in [-0.3, -0.25) is 4.79 Å². The van der Waals surface area contributed by atoms with Gasteiger partial charge in [0.2, 0.25) is 5.91 Å². The Hall–Kier alpha value is -1.32. The van der Waals surface area contributed by atoms with Crippen molar-refractivity contribution in [3.63, 3.8) is 0 Å². The Labute approximate surface area is 125 Å². The Balaban J connectivity index is 2.01. The third-order valence-electron chi connectivity index (χ3n) is 2.62. The van der Waals surface area contributed by atoms with Crippen molar-refractivity contribution >= 4 is 39.1 Å². The first-order valence-electron chi connectivity index (χ1n) is 5.86. The Morgan fingerprint density at radius 2 is 1.84 bits per heavy atom. The second-order valence-electron chi connectivity index (χ2n) is 4.19. The molecular formula is C15H13BrClNO. The summed E-state index contributed by atoms with van der Waals surface area (Å²) in [5, 5.41) is 2.87. The monoisotopic (exact) mass is 337 g/mol. The molecule has 1 N–H and O–H groups in total. The van der Waals surface area contributed by atoms with Crippen molar-refractivity contribution in [2.24, 2.45) is 0 Å². The fourth-order valence-corrected chi connectivity index (χ4v) is 2.38. The van der Waals surface area contributed by atoms with E-state index in [9.17, 15) is 4.79 Å². The van der Waals surface area contributed by atoms with E-state index in [0.29, 0.717) is 12.3 Å². The van der Waals surface area contributed by atoms with Crippen LogP contribution >= 0.6 is 27.5 Å². The summed E-state index contributed by atoms with van der Waals surface area (Å²) in [6.45, 7) is 0. The molecule has 0 atom stereocenters. The fourth-order valence-electron chi connectivity index (χ4n) is 1.77. The third-order valence-corrected chi connectivity index (χ3v) is 3.42. The maximum atomic E-state index is 11.9. The van der Waals surface area contributed by atoms with Gasteiger partial charge < -0.3 is 5.32 Å². The highest BCUT2D eigenvalue weighted by Gasteiger charge is 2.05. The van der Waals surface area contributed by atoms with Crippen LogP contribution in [0.1, 0.15) is 11.1 Å². The van der Waals surface area contributed by atoms with Crippen molar-refractivity contribution in [3.8, 4) is 0 Å². The molecule has 0 spiro atoms. The molecule has 0 aromatic heterocycles. The van der Waals surface area contributed by atoms with Crippen molar-refractivity contribution in [1.29, 1.82) is 0 Å². The van der Waals surface area contributed by atoms with Crippen molar-refractivity contribution in [1.82, 2.24) is 0 Å². The first-order chi connectivity index (χ1) is 9.17. The zero-order chi connectivity index (χ0) is 13.7. The molecule has 19 heavy (non-hydrogen) atoms. The lowest BCUT2D eigenvalue weighted by Gasteiger charge is -2.06. The highest BCUT2D eigenvalue weighted by atomic mass is 79.9. The van der Waals surface area contributed by atoms with E-state index in [4.69, 9.17) is 11.6 Å². The quantitative estimate of drug-likeness (QED) is 0.824. The van der Waals surface area contributed by atoms with Gasteiger partial charge in [-0.2, -0.15) is 0 Å². The van der Waals surface area contributed by atoms with Gasteiger partial charge in [-0.15, -0.1) is 11.6 Å². The Bertz CT molecular complexity index is 586. The molecule has 2 nitrogen and oxygen atoms in total. The van der Waals surface area contributed by atoms with Crippen LogP contribution in [0.25, 0.3) is 0 Å². The molecule has 1 amide bonds. The lowest BCUT2D eigenvalue weighted by atomic mass is 10.1. The molecule has 0 saturated heterocycles. The van der Waals surface area contributed by atoms with Gasteiger partial charge in [0.05, 0.1) is 6.42 Å². The number of hydrogen-bond donors (Lipinski definition) is 1. The Kier molecular flexibility index (Phi) is 5.00. The van der Waals surface area contributed by atoms with Crippen LogP contribution in [0, 0.1) is 0 Å². The first kappa shape index (κ1) is 14.1. The number of halogens is 2. The first-order valence-corrected chi connectivity index (χ1v) is 7.19. The summed E-state index contributed by atoms with van der Waals surface area (Å²) in [5.41, 5.74) is 2.74. The van der Waals surface area contributed by atoms with Crippen LogP contribution in [0.4, 0.5) is 5.69 Å². The maximum Gasteiger partial charge on any atom is 0.228 e. The molecule has 0 radical (unpaired) electrons. The number of anilines is 1. The van der Waals surface area contributed by atoms with Gasteiger partial charge in [-0.25, -0.2) is 0 Å². The van der Waals surface area contributed by atoms with Crippen molar-refractivity contribution in [2.45, 2.75) is 12.3 Å². The summed E-state index contributed by atoms with van der Waals surface area (Å²) < 4.78 is 0.974. The van der Waals surface area contributed by atoms with E-state index in [2.05, 4.69) is 21.2 Å². The van der Waals surface area contributed by atoms with E-state index in [1.54, 1.807) is 0 Å². The SMILES string of the molecule is O=C(Cc1cccc(Br)c1)Nc1cccc(CCl)c1. The number of carbonyl (C=O) groups is 1. The van der Waals surface area contributed by atoms with Crippen molar-refractivity contribution in [3.05, 3.63) is 64.1 Å². The number of hydrogen-bond acceptors (Lipinski definition) is 1. The Morgan fingerprint density at radius 1 is 1.11 bits per heavy atom. The normalized spacial score (nSPS) is 10.2. The maximum absolute atomic E-state index is 11.9. The number of rotatable bonds is 4. The molecule has 0 unspecified atom stereocenters. The summed E-state index contributed by atoms with van der Waals surface area (Å²) in [6.07, 6.45) is 0.352. The van der Waals surface area contributed by atoms with Crippen molar-refractivity contribution < 1.29 is 4.79 Å². The van der Waals surface area contributed by atoms with Gasteiger partial charge >= 0.3 is 0 Å². The van der Waals surface area contributed by atoms with E-state index >= 15 is 0 Å². The van der Waals surface area contributed by atoms with E-state index in [1.165, 1.54) is 0 Å². The number of benzene rings is 2. The van der Waals surface area contributed by atoms with Gasteiger partial charge in [-0.05, 0) is 35.4 Å². The summed E-state index contributed by atoms with van der Waals surface area (Å²) in [5.74, 6) is 0.403. The minimum absolute atomic E-state index is 0.0372. The molecule has 0 aliphatic heterocycles. The predicted molar refractivity (Wildman–Crippen MR) is 82.5 cm³/mol. The van der Waals surface area contributed by atoms with Gasteiger partial charge in [0.1, 0.15) is 0 Å². The van der Waals surface area contributed by atoms with Crippen LogP contribution in [-0.4, -0.2) is 5.91 Å². The van der Waals surface area contributed by atoms with E-state index < -0.39 is 0 Å². The molecule has 2 rings (SSSR count). The standard InChI is InChI=1S/C15H13BrClNO/c16-13-5-1-3-11(7-13)9-15(19)18-14-6-2-4-12(8-14)10-17/h1-8H,9-10H2,(H,18,19). The fraction of sp³-hybridized carbons (Fsp3) is 0.133. The molecule has 4 heteroatoms. The molecule has 0 aliphatic carbocycles. The van der Waals surface area contributed by atoms with Crippen LogP contribution in [0.15, 0.2) is 53.0 Å². The van der Waals surface area contributed by atoms with Gasteiger partial charge in [0.25, 0.3) is 0 Å². The van der Waals surface area contributed by atoms with Crippen LogP contribution in [0.2, 0.25) is 0 Å². The highest BCUT2D eigenvalue weighted by Crippen LogP contribution is 2.15. The average molecular weight is 339 g/mol. The van der Waals surface area contributed by atoms with Crippen LogP contribution < -0.4 is 5.32 Å². The topological polar surface area (TPSA) is 29.1 Å². The van der Waals surface area contributed by atoms with Crippen LogP contribution in [0.3, 0.4) is 0 Å². The number of carbonyl (C=O) groups excluding carboxylic acids is 1. The minimum Gasteiger partial charge on any atom is -0.326 e. The molecule has 0 saturated carbocycles. The van der Waals surface area contributed by atoms with Gasteiger partial charge in [0.15, 0.2) is 0 Å². The lowest BCUT2D eigenvalue weighted by molar-refractivity contribution is -0.115. The number of nitrogens with one attached hydrogen (secondary N) is 1. The summed E-state index contributed by atoms with van der Waals surface area (Å²) in [6, 6.07) is 15.3. The predicted octanol–water partition coefficient (Wildman–Crippen LogP) is 4.37.